The number of nitrogens with one attached hydrogen (secondary N) is 1. The van der Waals surface area contributed by atoms with Crippen molar-refractivity contribution in [2.75, 3.05) is 6.26 Å². The van der Waals surface area contributed by atoms with E-state index in [1.807, 2.05) is 31.2 Å². The molecule has 2 aromatic carbocycles. The van der Waals surface area contributed by atoms with E-state index >= 15 is 0 Å². The predicted octanol–water partition coefficient (Wildman–Crippen LogP) is 1.34. The first-order valence-electron chi connectivity index (χ1n) is 9.38. The van der Waals surface area contributed by atoms with Gasteiger partial charge in [0.1, 0.15) is 5.54 Å². The van der Waals surface area contributed by atoms with Crippen LogP contribution in [0.1, 0.15) is 23.9 Å². The van der Waals surface area contributed by atoms with Gasteiger partial charge in [-0.15, -0.1) is 5.10 Å². The second kappa shape index (κ2) is 7.27. The van der Waals surface area contributed by atoms with Gasteiger partial charge in [-0.2, -0.15) is 4.68 Å². The van der Waals surface area contributed by atoms with E-state index in [1.165, 1.54) is 16.8 Å². The van der Waals surface area contributed by atoms with Gasteiger partial charge in [0.15, 0.2) is 15.7 Å². The Balaban J connectivity index is 1.61. The van der Waals surface area contributed by atoms with Crippen molar-refractivity contribution in [1.29, 1.82) is 0 Å². The van der Waals surface area contributed by atoms with Crippen LogP contribution in [0.2, 0.25) is 0 Å². The molecule has 1 saturated heterocycles. The fourth-order valence-corrected chi connectivity index (χ4v) is 4.03. The van der Waals surface area contributed by atoms with Gasteiger partial charge in [-0.1, -0.05) is 29.8 Å². The Morgan fingerprint density at radius 1 is 1.03 bits per heavy atom. The van der Waals surface area contributed by atoms with Crippen LogP contribution in [0.25, 0.3) is 5.69 Å². The van der Waals surface area contributed by atoms with E-state index in [1.54, 1.807) is 19.1 Å². The van der Waals surface area contributed by atoms with Crippen LogP contribution >= 0.6 is 0 Å². The number of aryl methyl sites for hydroxylation is 1. The number of carbonyl (C=O) groups is 2. The second-order valence-electron chi connectivity index (χ2n) is 7.59. The van der Waals surface area contributed by atoms with Crippen LogP contribution in [0, 0.1) is 6.92 Å². The summed E-state index contributed by atoms with van der Waals surface area (Å²) >= 11 is 0. The standard InChI is InChI=1S/C20H20N6O4S/c1-13-4-6-14(7-5-13)20(2)18(27)25(19(28)21-20)12-17-22-23-24-26(17)15-8-10-16(11-9-15)31(3,29)30/h4-11H,12H2,1-3H3,(H,21,28). The van der Waals surface area contributed by atoms with Crippen molar-refractivity contribution in [1.82, 2.24) is 30.4 Å². The molecule has 1 unspecified atom stereocenters. The summed E-state index contributed by atoms with van der Waals surface area (Å²) in [6.45, 7) is 3.45. The molecule has 3 aromatic rings. The zero-order chi connectivity index (χ0) is 22.4. The van der Waals surface area contributed by atoms with Crippen LogP contribution < -0.4 is 5.32 Å². The first kappa shape index (κ1) is 20.7. The highest BCUT2D eigenvalue weighted by Gasteiger charge is 2.49. The number of hydrogen-bond donors (Lipinski definition) is 1. The number of aromatic nitrogens is 4. The molecular weight excluding hydrogens is 420 g/mol. The Kier molecular flexibility index (Phi) is 4.85. The Bertz CT molecular complexity index is 1270. The lowest BCUT2D eigenvalue weighted by Gasteiger charge is -2.22. The fourth-order valence-electron chi connectivity index (χ4n) is 3.40. The van der Waals surface area contributed by atoms with Crippen LogP contribution in [-0.2, 0) is 26.7 Å². The summed E-state index contributed by atoms with van der Waals surface area (Å²) in [6.07, 6.45) is 1.12. The molecule has 1 aliphatic rings. The van der Waals surface area contributed by atoms with Crippen molar-refractivity contribution in [3.8, 4) is 5.69 Å². The molecule has 1 fully saturated rings. The van der Waals surface area contributed by atoms with E-state index in [-0.39, 0.29) is 17.3 Å². The van der Waals surface area contributed by atoms with E-state index in [9.17, 15) is 18.0 Å². The van der Waals surface area contributed by atoms with Gasteiger partial charge in [0.2, 0.25) is 0 Å². The lowest BCUT2D eigenvalue weighted by atomic mass is 9.91. The summed E-state index contributed by atoms with van der Waals surface area (Å²) in [6, 6.07) is 12.8. The minimum absolute atomic E-state index is 0.146. The zero-order valence-electron chi connectivity index (χ0n) is 17.1. The number of rotatable bonds is 5. The van der Waals surface area contributed by atoms with Gasteiger partial charge in [0.05, 0.1) is 17.1 Å². The monoisotopic (exact) mass is 440 g/mol. The zero-order valence-corrected chi connectivity index (χ0v) is 17.9. The molecule has 160 valence electrons. The number of nitrogens with zero attached hydrogens (tertiary/aromatic N) is 5. The normalized spacial score (nSPS) is 19.0. The largest absolute Gasteiger partial charge is 0.325 e. The van der Waals surface area contributed by atoms with Gasteiger partial charge in [0.25, 0.3) is 5.91 Å². The summed E-state index contributed by atoms with van der Waals surface area (Å²) in [7, 11) is -3.34. The average Bonchev–Trinajstić information content (AvgIpc) is 3.27. The minimum Gasteiger partial charge on any atom is -0.319 e. The number of urea groups is 1. The van der Waals surface area contributed by atoms with Gasteiger partial charge in [-0.05, 0) is 54.1 Å². The van der Waals surface area contributed by atoms with Gasteiger partial charge < -0.3 is 5.32 Å². The highest BCUT2D eigenvalue weighted by Crippen LogP contribution is 2.30. The number of sulfone groups is 1. The van der Waals surface area contributed by atoms with E-state index in [0.717, 1.165) is 16.7 Å². The molecule has 3 amide bonds. The molecule has 2 heterocycles. The summed E-state index contributed by atoms with van der Waals surface area (Å²) in [5.41, 5.74) is 1.03. The molecule has 1 aliphatic heterocycles. The van der Waals surface area contributed by atoms with Crippen molar-refractivity contribution < 1.29 is 18.0 Å². The Hall–Kier alpha value is -3.60. The second-order valence-corrected chi connectivity index (χ2v) is 9.60. The number of benzene rings is 2. The highest BCUT2D eigenvalue weighted by atomic mass is 32.2. The van der Waals surface area contributed by atoms with Crippen molar-refractivity contribution in [3.05, 3.63) is 65.5 Å². The van der Waals surface area contributed by atoms with Crippen molar-refractivity contribution in [2.24, 2.45) is 0 Å². The van der Waals surface area contributed by atoms with E-state index in [2.05, 4.69) is 20.8 Å². The smallest absolute Gasteiger partial charge is 0.319 e. The highest BCUT2D eigenvalue weighted by molar-refractivity contribution is 7.90. The molecule has 4 rings (SSSR count). The topological polar surface area (TPSA) is 127 Å². The molecule has 10 nitrogen and oxygen atoms in total. The summed E-state index contributed by atoms with van der Waals surface area (Å²) < 4.78 is 24.7. The van der Waals surface area contributed by atoms with Gasteiger partial charge >= 0.3 is 6.03 Å². The first-order valence-corrected chi connectivity index (χ1v) is 11.3. The maximum atomic E-state index is 13.2. The fraction of sp³-hybridized carbons (Fsp3) is 0.250. The van der Waals surface area contributed by atoms with Crippen molar-refractivity contribution >= 4 is 21.8 Å². The van der Waals surface area contributed by atoms with Crippen LogP contribution in [-0.4, -0.2) is 51.7 Å². The number of tetrazole rings is 1. The third kappa shape index (κ3) is 3.67. The van der Waals surface area contributed by atoms with Crippen LogP contribution in [0.5, 0.6) is 0 Å². The molecule has 1 N–H and O–H groups in total. The lowest BCUT2D eigenvalue weighted by Crippen LogP contribution is -2.40. The SMILES string of the molecule is Cc1ccc(C2(C)NC(=O)N(Cc3nnnn3-c3ccc(S(C)(=O)=O)cc3)C2=O)cc1. The Morgan fingerprint density at radius 3 is 2.29 bits per heavy atom. The van der Waals surface area contributed by atoms with Gasteiger partial charge in [-0.25, -0.2) is 13.2 Å². The third-order valence-electron chi connectivity index (χ3n) is 5.25. The summed E-state index contributed by atoms with van der Waals surface area (Å²) in [5.74, 6) is -0.160. The van der Waals surface area contributed by atoms with Gasteiger partial charge in [0, 0.05) is 6.26 Å². The molecule has 0 bridgehead atoms. The quantitative estimate of drug-likeness (QED) is 0.593. The Labute approximate surface area is 178 Å². The Morgan fingerprint density at radius 2 is 1.68 bits per heavy atom. The van der Waals surface area contributed by atoms with Crippen LogP contribution in [0.4, 0.5) is 4.79 Å². The predicted molar refractivity (Wildman–Crippen MR) is 110 cm³/mol. The maximum Gasteiger partial charge on any atom is 0.325 e. The average molecular weight is 440 g/mol. The first-order chi connectivity index (χ1) is 14.6. The molecule has 0 spiro atoms. The van der Waals surface area contributed by atoms with Crippen LogP contribution in [0.15, 0.2) is 53.4 Å². The molecule has 0 radical (unpaired) electrons. The summed E-state index contributed by atoms with van der Waals surface area (Å²) in [5, 5.41) is 14.2. The van der Waals surface area contributed by atoms with Crippen molar-refractivity contribution in [2.45, 2.75) is 30.8 Å². The number of imide groups is 1. The minimum atomic E-state index is -3.34. The molecule has 1 atom stereocenters. The number of carbonyl (C=O) groups excluding carboxylic acids is 2. The summed E-state index contributed by atoms with van der Waals surface area (Å²) in [4.78, 5) is 27.0. The molecule has 0 saturated carbocycles. The molecule has 0 aliphatic carbocycles. The van der Waals surface area contributed by atoms with E-state index < -0.39 is 27.3 Å². The lowest BCUT2D eigenvalue weighted by molar-refractivity contribution is -0.131. The third-order valence-corrected chi connectivity index (χ3v) is 6.38. The van der Waals surface area contributed by atoms with Gasteiger partial charge in [-0.3, -0.25) is 9.69 Å². The molecule has 1 aromatic heterocycles. The molecule has 11 heteroatoms. The van der Waals surface area contributed by atoms with Crippen LogP contribution in [0.3, 0.4) is 0 Å². The molecule has 31 heavy (non-hydrogen) atoms. The number of amides is 3. The maximum absolute atomic E-state index is 13.2. The number of hydrogen-bond acceptors (Lipinski definition) is 7. The van der Waals surface area contributed by atoms with E-state index in [0.29, 0.717) is 11.3 Å². The van der Waals surface area contributed by atoms with Crippen molar-refractivity contribution in [3.63, 3.8) is 0 Å². The van der Waals surface area contributed by atoms with E-state index in [4.69, 9.17) is 0 Å². The molecular formula is C20H20N6O4S.